The fraction of sp³-hybridized carbons (Fsp3) is 0.0870. The Morgan fingerprint density at radius 2 is 1.72 bits per heavy atom. The van der Waals surface area contributed by atoms with E-state index in [1.807, 2.05) is 0 Å². The Morgan fingerprint density at radius 1 is 1.00 bits per heavy atom. The van der Waals surface area contributed by atoms with Gasteiger partial charge in [0.25, 0.3) is 11.7 Å². The number of aliphatic hydroxyl groups excluding tert-OH is 1. The van der Waals surface area contributed by atoms with Crippen LogP contribution in [0.1, 0.15) is 22.7 Å². The maximum Gasteiger partial charge on any atom is 0.295 e. The van der Waals surface area contributed by atoms with Gasteiger partial charge in [0.1, 0.15) is 11.6 Å². The van der Waals surface area contributed by atoms with Crippen LogP contribution >= 0.6 is 0 Å². The highest BCUT2D eigenvalue weighted by molar-refractivity contribution is 6.46. The summed E-state index contributed by atoms with van der Waals surface area (Å²) < 4.78 is 14.7. The number of halogens is 1. The molecule has 1 aliphatic rings. The highest BCUT2D eigenvalue weighted by atomic mass is 19.1. The number of aliphatic hydroxyl groups is 1. The second-order valence-electron chi connectivity index (χ2n) is 6.68. The van der Waals surface area contributed by atoms with Crippen LogP contribution in [0.25, 0.3) is 5.76 Å². The van der Waals surface area contributed by atoms with Gasteiger partial charge in [0, 0.05) is 30.1 Å². The molecule has 0 bridgehead atoms. The van der Waals surface area contributed by atoms with E-state index >= 15 is 0 Å². The number of Topliss-reactive ketones (excluding diaryl/α,β-unsaturated/α-hetero) is 1. The number of pyridine rings is 1. The highest BCUT2D eigenvalue weighted by Gasteiger charge is 2.46. The monoisotopic (exact) mass is 388 g/mol. The second kappa shape index (κ2) is 7.67. The zero-order valence-electron chi connectivity index (χ0n) is 15.3. The molecular weight excluding hydrogens is 371 g/mol. The van der Waals surface area contributed by atoms with Crippen molar-refractivity contribution in [3.05, 3.63) is 107 Å². The topological polar surface area (TPSA) is 70.5 Å². The molecule has 6 heteroatoms. The van der Waals surface area contributed by atoms with Crippen LogP contribution in [-0.4, -0.2) is 26.7 Å². The van der Waals surface area contributed by atoms with Crippen LogP contribution in [0, 0.1) is 5.82 Å². The second-order valence-corrected chi connectivity index (χ2v) is 6.68. The minimum atomic E-state index is -1.04. The molecule has 1 atom stereocenters. The van der Waals surface area contributed by atoms with Crippen LogP contribution in [0.15, 0.2) is 84.7 Å². The van der Waals surface area contributed by atoms with E-state index in [0.717, 1.165) is 0 Å². The third-order valence-electron chi connectivity index (χ3n) is 4.86. The zero-order valence-corrected chi connectivity index (χ0v) is 15.3. The number of ketones is 1. The lowest BCUT2D eigenvalue weighted by Gasteiger charge is -2.25. The lowest BCUT2D eigenvalue weighted by Crippen LogP contribution is -2.29. The molecule has 1 saturated heterocycles. The average Bonchev–Trinajstić information content (AvgIpc) is 3.00. The molecule has 0 radical (unpaired) electrons. The van der Waals surface area contributed by atoms with E-state index in [-0.39, 0.29) is 23.4 Å². The Kier molecular flexibility index (Phi) is 4.91. The minimum absolute atomic E-state index is 0.0585. The maximum atomic E-state index is 14.7. The zero-order chi connectivity index (χ0) is 20.4. The van der Waals surface area contributed by atoms with Crippen molar-refractivity contribution in [2.75, 3.05) is 0 Å². The lowest BCUT2D eigenvalue weighted by atomic mass is 9.95. The number of carbonyl (C=O) groups is 2. The van der Waals surface area contributed by atoms with E-state index in [1.54, 1.807) is 60.9 Å². The number of hydrogen-bond donors (Lipinski definition) is 1. The van der Waals surface area contributed by atoms with Gasteiger partial charge in [0.15, 0.2) is 0 Å². The van der Waals surface area contributed by atoms with Gasteiger partial charge >= 0.3 is 0 Å². The van der Waals surface area contributed by atoms with Crippen molar-refractivity contribution < 1.29 is 19.1 Å². The molecule has 1 aromatic heterocycles. The average molecular weight is 388 g/mol. The molecule has 4 rings (SSSR count). The fourth-order valence-electron chi connectivity index (χ4n) is 3.50. The standard InChI is InChI=1S/C23H17FN2O3/c24-18-11-5-4-10-17(18)20-19(21(27)16-8-2-1-3-9-16)22(28)23(29)26(20)14-15-7-6-12-25-13-15/h1-13,20,27H,14H2/b21-19-. The van der Waals surface area contributed by atoms with Crippen LogP contribution < -0.4 is 0 Å². The summed E-state index contributed by atoms with van der Waals surface area (Å²) in [5.41, 5.74) is 1.09. The number of carbonyl (C=O) groups excluding carboxylic acids is 2. The van der Waals surface area contributed by atoms with Gasteiger partial charge in [-0.1, -0.05) is 54.6 Å². The first kappa shape index (κ1) is 18.6. The van der Waals surface area contributed by atoms with E-state index < -0.39 is 23.5 Å². The molecule has 0 aliphatic carbocycles. The van der Waals surface area contributed by atoms with Gasteiger partial charge in [-0.25, -0.2) is 4.39 Å². The third kappa shape index (κ3) is 3.40. The normalized spacial score (nSPS) is 18.2. The lowest BCUT2D eigenvalue weighted by molar-refractivity contribution is -0.140. The Balaban J connectivity index is 1.89. The fourth-order valence-corrected chi connectivity index (χ4v) is 3.50. The Labute approximate surface area is 166 Å². The molecule has 0 spiro atoms. The van der Waals surface area contributed by atoms with Crippen molar-refractivity contribution in [1.29, 1.82) is 0 Å². The molecule has 144 valence electrons. The van der Waals surface area contributed by atoms with Crippen LogP contribution in [-0.2, 0) is 16.1 Å². The van der Waals surface area contributed by atoms with Crippen LogP contribution in [0.5, 0.6) is 0 Å². The largest absolute Gasteiger partial charge is 0.507 e. The van der Waals surface area contributed by atoms with Crippen molar-refractivity contribution in [2.45, 2.75) is 12.6 Å². The first-order chi connectivity index (χ1) is 14.1. The van der Waals surface area contributed by atoms with Crippen LogP contribution in [0.3, 0.4) is 0 Å². The number of rotatable bonds is 4. The van der Waals surface area contributed by atoms with Crippen molar-refractivity contribution in [3.63, 3.8) is 0 Å². The molecule has 2 aromatic carbocycles. The Hall–Kier alpha value is -3.80. The van der Waals surface area contributed by atoms with Crippen molar-refractivity contribution in [3.8, 4) is 0 Å². The molecule has 5 nitrogen and oxygen atoms in total. The molecule has 29 heavy (non-hydrogen) atoms. The Morgan fingerprint density at radius 3 is 2.41 bits per heavy atom. The van der Waals surface area contributed by atoms with Crippen molar-refractivity contribution >= 4 is 17.4 Å². The van der Waals surface area contributed by atoms with E-state index in [0.29, 0.717) is 11.1 Å². The summed E-state index contributed by atoms with van der Waals surface area (Å²) in [6, 6.07) is 16.8. The molecule has 0 saturated carbocycles. The summed E-state index contributed by atoms with van der Waals surface area (Å²) in [6.45, 7) is 0.0585. The maximum absolute atomic E-state index is 14.7. The first-order valence-electron chi connectivity index (χ1n) is 9.05. The van der Waals surface area contributed by atoms with E-state index in [2.05, 4.69) is 4.98 Å². The van der Waals surface area contributed by atoms with E-state index in [1.165, 1.54) is 23.1 Å². The third-order valence-corrected chi connectivity index (χ3v) is 4.86. The summed E-state index contributed by atoms with van der Waals surface area (Å²) in [5, 5.41) is 10.9. The number of nitrogens with zero attached hydrogens (tertiary/aromatic N) is 2. The van der Waals surface area contributed by atoms with Crippen LogP contribution in [0.4, 0.5) is 4.39 Å². The van der Waals surface area contributed by atoms with Gasteiger partial charge in [0.2, 0.25) is 0 Å². The summed E-state index contributed by atoms with van der Waals surface area (Å²) in [4.78, 5) is 31.0. The molecule has 1 amide bonds. The smallest absolute Gasteiger partial charge is 0.295 e. The quantitative estimate of drug-likeness (QED) is 0.419. The predicted molar refractivity (Wildman–Crippen MR) is 105 cm³/mol. The Bertz CT molecular complexity index is 1100. The van der Waals surface area contributed by atoms with E-state index in [4.69, 9.17) is 0 Å². The number of aromatic nitrogens is 1. The van der Waals surface area contributed by atoms with Gasteiger partial charge in [-0.3, -0.25) is 14.6 Å². The number of hydrogen-bond acceptors (Lipinski definition) is 4. The number of benzene rings is 2. The van der Waals surface area contributed by atoms with Gasteiger partial charge in [-0.2, -0.15) is 0 Å². The van der Waals surface area contributed by atoms with Gasteiger partial charge < -0.3 is 10.0 Å². The molecule has 3 aromatic rings. The molecule has 1 unspecified atom stereocenters. The molecular formula is C23H17FN2O3. The van der Waals surface area contributed by atoms with Crippen molar-refractivity contribution in [2.24, 2.45) is 0 Å². The molecule has 1 fully saturated rings. The SMILES string of the molecule is O=C1C(=O)N(Cc2cccnc2)C(c2ccccc2F)/C1=C(/O)c1ccccc1. The summed E-state index contributed by atoms with van der Waals surface area (Å²) in [6.07, 6.45) is 3.18. The summed E-state index contributed by atoms with van der Waals surface area (Å²) >= 11 is 0. The van der Waals surface area contributed by atoms with E-state index in [9.17, 15) is 19.1 Å². The summed E-state index contributed by atoms with van der Waals surface area (Å²) in [7, 11) is 0. The molecule has 1 aliphatic heterocycles. The van der Waals surface area contributed by atoms with Crippen molar-refractivity contribution in [1.82, 2.24) is 9.88 Å². The summed E-state index contributed by atoms with van der Waals surface area (Å²) in [5.74, 6) is -2.52. The minimum Gasteiger partial charge on any atom is -0.507 e. The van der Waals surface area contributed by atoms with Gasteiger partial charge in [-0.15, -0.1) is 0 Å². The first-order valence-corrected chi connectivity index (χ1v) is 9.05. The highest BCUT2D eigenvalue weighted by Crippen LogP contribution is 2.40. The number of amides is 1. The predicted octanol–water partition coefficient (Wildman–Crippen LogP) is 3.84. The van der Waals surface area contributed by atoms with Crippen LogP contribution in [0.2, 0.25) is 0 Å². The van der Waals surface area contributed by atoms with Gasteiger partial charge in [-0.05, 0) is 17.7 Å². The van der Waals surface area contributed by atoms with Gasteiger partial charge in [0.05, 0.1) is 11.6 Å². The molecule has 1 N–H and O–H groups in total. The number of likely N-dealkylation sites (tertiary alicyclic amines) is 1. The molecule has 2 heterocycles.